The SMILES string of the molecule is Cc1noc(C)c1[C@@H](C)C(=O)N[C@H](c1ccc(Cl)cc1)C1CC1. The summed E-state index contributed by atoms with van der Waals surface area (Å²) in [6, 6.07) is 7.77. The van der Waals surface area contributed by atoms with Crippen molar-refractivity contribution in [3.63, 3.8) is 0 Å². The van der Waals surface area contributed by atoms with E-state index in [1.165, 1.54) is 0 Å². The summed E-state index contributed by atoms with van der Waals surface area (Å²) in [7, 11) is 0. The van der Waals surface area contributed by atoms with Crippen molar-refractivity contribution >= 4 is 17.5 Å². The first-order chi connectivity index (χ1) is 11.0. The van der Waals surface area contributed by atoms with Crippen molar-refractivity contribution in [3.05, 3.63) is 51.9 Å². The van der Waals surface area contributed by atoms with Gasteiger partial charge in [-0.3, -0.25) is 4.79 Å². The fourth-order valence-electron chi connectivity index (χ4n) is 3.09. The van der Waals surface area contributed by atoms with E-state index in [0.29, 0.717) is 16.7 Å². The molecule has 2 atom stereocenters. The summed E-state index contributed by atoms with van der Waals surface area (Å²) in [6.45, 7) is 5.61. The van der Waals surface area contributed by atoms with Gasteiger partial charge in [0, 0.05) is 10.6 Å². The molecule has 1 aliphatic carbocycles. The summed E-state index contributed by atoms with van der Waals surface area (Å²) in [6.07, 6.45) is 2.29. The molecule has 0 spiro atoms. The first kappa shape index (κ1) is 16.1. The Morgan fingerprint density at radius 3 is 2.48 bits per heavy atom. The monoisotopic (exact) mass is 332 g/mol. The van der Waals surface area contributed by atoms with Crippen LogP contribution in [-0.2, 0) is 4.79 Å². The zero-order chi connectivity index (χ0) is 16.6. The molecule has 5 heteroatoms. The van der Waals surface area contributed by atoms with E-state index in [1.807, 2.05) is 45.0 Å². The Labute approximate surface area is 141 Å². The molecule has 2 aromatic rings. The minimum atomic E-state index is -0.283. The van der Waals surface area contributed by atoms with Crippen LogP contribution in [0.25, 0.3) is 0 Å². The zero-order valence-electron chi connectivity index (χ0n) is 13.6. The summed E-state index contributed by atoms with van der Waals surface area (Å²) in [5.74, 6) is 0.942. The number of nitrogens with zero attached hydrogens (tertiary/aromatic N) is 1. The van der Waals surface area contributed by atoms with Gasteiger partial charge in [-0.15, -0.1) is 0 Å². The molecule has 1 heterocycles. The number of hydrogen-bond acceptors (Lipinski definition) is 3. The van der Waals surface area contributed by atoms with Crippen molar-refractivity contribution < 1.29 is 9.32 Å². The van der Waals surface area contributed by atoms with Crippen LogP contribution in [-0.4, -0.2) is 11.1 Å². The number of amides is 1. The van der Waals surface area contributed by atoms with Crippen molar-refractivity contribution in [3.8, 4) is 0 Å². The first-order valence-corrected chi connectivity index (χ1v) is 8.33. The average molecular weight is 333 g/mol. The molecule has 1 fully saturated rings. The largest absolute Gasteiger partial charge is 0.361 e. The van der Waals surface area contributed by atoms with Gasteiger partial charge in [0.2, 0.25) is 5.91 Å². The Hall–Kier alpha value is -1.81. The highest BCUT2D eigenvalue weighted by atomic mass is 35.5. The molecule has 0 radical (unpaired) electrons. The first-order valence-electron chi connectivity index (χ1n) is 7.96. The molecule has 0 saturated heterocycles. The molecule has 0 unspecified atom stereocenters. The van der Waals surface area contributed by atoms with Crippen molar-refractivity contribution in [2.24, 2.45) is 5.92 Å². The molecule has 4 nitrogen and oxygen atoms in total. The van der Waals surface area contributed by atoms with E-state index in [4.69, 9.17) is 16.1 Å². The highest BCUT2D eigenvalue weighted by molar-refractivity contribution is 6.30. The van der Waals surface area contributed by atoms with Gasteiger partial charge in [-0.05, 0) is 57.2 Å². The molecule has 3 rings (SSSR count). The lowest BCUT2D eigenvalue weighted by Gasteiger charge is -2.21. The van der Waals surface area contributed by atoms with Gasteiger partial charge in [0.25, 0.3) is 0 Å². The van der Waals surface area contributed by atoms with Crippen LogP contribution in [0, 0.1) is 19.8 Å². The fourth-order valence-corrected chi connectivity index (χ4v) is 3.22. The van der Waals surface area contributed by atoms with Crippen molar-refractivity contribution in [2.75, 3.05) is 0 Å². The topological polar surface area (TPSA) is 55.1 Å². The van der Waals surface area contributed by atoms with Gasteiger partial charge in [-0.25, -0.2) is 0 Å². The van der Waals surface area contributed by atoms with Crippen LogP contribution >= 0.6 is 11.6 Å². The molecule has 23 heavy (non-hydrogen) atoms. The lowest BCUT2D eigenvalue weighted by Crippen LogP contribution is -2.33. The van der Waals surface area contributed by atoms with Crippen LogP contribution in [0.2, 0.25) is 5.02 Å². The highest BCUT2D eigenvalue weighted by Crippen LogP contribution is 2.41. The zero-order valence-corrected chi connectivity index (χ0v) is 14.4. The van der Waals surface area contributed by atoms with Crippen molar-refractivity contribution in [1.29, 1.82) is 0 Å². The average Bonchev–Trinajstić information content (AvgIpc) is 3.31. The number of nitrogens with one attached hydrogen (secondary N) is 1. The van der Waals surface area contributed by atoms with E-state index in [0.717, 1.165) is 29.7 Å². The Morgan fingerprint density at radius 2 is 1.96 bits per heavy atom. The molecule has 122 valence electrons. The highest BCUT2D eigenvalue weighted by Gasteiger charge is 2.35. The summed E-state index contributed by atoms with van der Waals surface area (Å²) >= 11 is 5.97. The Kier molecular flexibility index (Phi) is 4.44. The number of aryl methyl sites for hydroxylation is 2. The van der Waals surface area contributed by atoms with Crippen LogP contribution in [0.1, 0.15) is 54.3 Å². The lowest BCUT2D eigenvalue weighted by molar-refractivity contribution is -0.123. The number of halogens is 1. The van der Waals surface area contributed by atoms with E-state index >= 15 is 0 Å². The second kappa shape index (κ2) is 6.36. The molecule has 0 bridgehead atoms. The van der Waals surface area contributed by atoms with Gasteiger partial charge in [-0.1, -0.05) is 28.9 Å². The maximum absolute atomic E-state index is 12.7. The maximum Gasteiger partial charge on any atom is 0.227 e. The van der Waals surface area contributed by atoms with Gasteiger partial charge in [0.05, 0.1) is 17.7 Å². The number of hydrogen-bond donors (Lipinski definition) is 1. The van der Waals surface area contributed by atoms with Gasteiger partial charge in [-0.2, -0.15) is 0 Å². The number of aromatic nitrogens is 1. The van der Waals surface area contributed by atoms with Crippen LogP contribution < -0.4 is 5.32 Å². The van der Waals surface area contributed by atoms with Gasteiger partial charge >= 0.3 is 0 Å². The van der Waals surface area contributed by atoms with Gasteiger partial charge in [0.1, 0.15) is 5.76 Å². The number of carbonyl (C=O) groups is 1. The van der Waals surface area contributed by atoms with E-state index in [2.05, 4.69) is 10.5 Å². The minimum absolute atomic E-state index is 0.00579. The second-order valence-corrected chi connectivity index (χ2v) is 6.77. The second-order valence-electron chi connectivity index (χ2n) is 6.33. The number of carbonyl (C=O) groups excluding carboxylic acids is 1. The number of rotatable bonds is 5. The van der Waals surface area contributed by atoms with Crippen LogP contribution in [0.4, 0.5) is 0 Å². The third-order valence-electron chi connectivity index (χ3n) is 4.54. The summed E-state index contributed by atoms with van der Waals surface area (Å²) in [5, 5.41) is 7.86. The number of benzene rings is 1. The Balaban J connectivity index is 1.78. The van der Waals surface area contributed by atoms with Crippen molar-refractivity contribution in [1.82, 2.24) is 10.5 Å². The predicted octanol–water partition coefficient (Wildman–Crippen LogP) is 4.32. The van der Waals surface area contributed by atoms with Crippen LogP contribution in [0.15, 0.2) is 28.8 Å². The smallest absolute Gasteiger partial charge is 0.227 e. The van der Waals surface area contributed by atoms with E-state index in [1.54, 1.807) is 0 Å². The quantitative estimate of drug-likeness (QED) is 0.887. The van der Waals surface area contributed by atoms with Gasteiger partial charge < -0.3 is 9.84 Å². The normalized spacial score (nSPS) is 16.9. The summed E-state index contributed by atoms with van der Waals surface area (Å²) < 4.78 is 5.18. The van der Waals surface area contributed by atoms with E-state index < -0.39 is 0 Å². The lowest BCUT2D eigenvalue weighted by atomic mass is 9.96. The molecule has 1 aromatic carbocycles. The fraction of sp³-hybridized carbons (Fsp3) is 0.444. The molecular weight excluding hydrogens is 312 g/mol. The summed E-state index contributed by atoms with van der Waals surface area (Å²) in [4.78, 5) is 12.7. The standard InChI is InChI=1S/C18H21ClN2O2/c1-10(16-11(2)21-23-12(16)3)18(22)20-17(13-4-5-13)14-6-8-15(19)9-7-14/h6-10,13,17H,4-5H2,1-3H3,(H,20,22)/t10-,17+/m1/s1. The molecule has 1 N–H and O–H groups in total. The van der Waals surface area contributed by atoms with E-state index in [9.17, 15) is 4.79 Å². The van der Waals surface area contributed by atoms with E-state index in [-0.39, 0.29) is 17.9 Å². The molecular formula is C18H21ClN2O2. The summed E-state index contributed by atoms with van der Waals surface area (Å²) in [5.41, 5.74) is 2.77. The Morgan fingerprint density at radius 1 is 1.30 bits per heavy atom. The third-order valence-corrected chi connectivity index (χ3v) is 4.79. The molecule has 1 amide bonds. The molecule has 1 aromatic heterocycles. The van der Waals surface area contributed by atoms with Crippen LogP contribution in [0.5, 0.6) is 0 Å². The molecule has 1 saturated carbocycles. The molecule has 1 aliphatic rings. The van der Waals surface area contributed by atoms with Gasteiger partial charge in [0.15, 0.2) is 0 Å². The van der Waals surface area contributed by atoms with Crippen molar-refractivity contribution in [2.45, 2.75) is 45.6 Å². The Bertz CT molecular complexity index is 685. The van der Waals surface area contributed by atoms with Crippen LogP contribution in [0.3, 0.4) is 0 Å². The third kappa shape index (κ3) is 3.42. The predicted molar refractivity (Wildman–Crippen MR) is 89.5 cm³/mol. The molecule has 0 aliphatic heterocycles. The minimum Gasteiger partial charge on any atom is -0.361 e. The maximum atomic E-state index is 12.7.